The zero-order chi connectivity index (χ0) is 18.5. The van der Waals surface area contributed by atoms with Crippen LogP contribution >= 0.6 is 0 Å². The maximum Gasteiger partial charge on any atom is 0.326 e. The van der Waals surface area contributed by atoms with Crippen molar-refractivity contribution in [1.82, 2.24) is 4.90 Å². The van der Waals surface area contributed by atoms with Gasteiger partial charge >= 0.3 is 6.03 Å². The summed E-state index contributed by atoms with van der Waals surface area (Å²) in [5.41, 5.74) is 4.09. The number of rotatable bonds is 4. The standard InChI is InChI=1S/C21H28N4O/c1-4-25(20-7-5-6-17(2)16-20)21(26)22-18-8-10-19(11-9-18)24-14-12-23(3)13-15-24/h5-11,16H,4,12-15H2,1-3H3,(H,22,26). The summed E-state index contributed by atoms with van der Waals surface area (Å²) < 4.78 is 0. The second-order valence-corrected chi connectivity index (χ2v) is 6.85. The Labute approximate surface area is 156 Å². The van der Waals surface area contributed by atoms with E-state index in [1.54, 1.807) is 4.90 Å². The number of urea groups is 1. The van der Waals surface area contributed by atoms with Crippen LogP contribution in [0.3, 0.4) is 0 Å². The van der Waals surface area contributed by atoms with Crippen LogP contribution in [0.5, 0.6) is 0 Å². The number of benzene rings is 2. The van der Waals surface area contributed by atoms with Gasteiger partial charge in [-0.15, -0.1) is 0 Å². The number of aryl methyl sites for hydroxylation is 1. The second-order valence-electron chi connectivity index (χ2n) is 6.85. The van der Waals surface area contributed by atoms with E-state index in [1.807, 2.05) is 50.2 Å². The van der Waals surface area contributed by atoms with E-state index in [-0.39, 0.29) is 6.03 Å². The van der Waals surface area contributed by atoms with E-state index >= 15 is 0 Å². The summed E-state index contributed by atoms with van der Waals surface area (Å²) in [4.78, 5) is 19.2. The zero-order valence-corrected chi connectivity index (χ0v) is 15.9. The molecule has 5 nitrogen and oxygen atoms in total. The predicted molar refractivity (Wildman–Crippen MR) is 109 cm³/mol. The van der Waals surface area contributed by atoms with Gasteiger partial charge in [-0.1, -0.05) is 12.1 Å². The van der Waals surface area contributed by atoms with Gasteiger partial charge in [0.1, 0.15) is 0 Å². The van der Waals surface area contributed by atoms with Gasteiger partial charge < -0.3 is 15.1 Å². The molecule has 1 fully saturated rings. The average Bonchev–Trinajstić information content (AvgIpc) is 2.64. The number of carbonyl (C=O) groups is 1. The Bertz CT molecular complexity index is 736. The molecule has 2 aromatic rings. The fourth-order valence-electron chi connectivity index (χ4n) is 3.25. The average molecular weight is 352 g/mol. The number of hydrogen-bond donors (Lipinski definition) is 1. The van der Waals surface area contributed by atoms with Gasteiger partial charge in [-0.3, -0.25) is 4.90 Å². The molecule has 0 aliphatic carbocycles. The van der Waals surface area contributed by atoms with Crippen LogP contribution in [0.25, 0.3) is 0 Å². The first-order chi connectivity index (χ1) is 12.6. The first-order valence-electron chi connectivity index (χ1n) is 9.25. The second kappa shape index (κ2) is 8.23. The number of nitrogens with one attached hydrogen (secondary N) is 1. The minimum atomic E-state index is -0.106. The van der Waals surface area contributed by atoms with Gasteiger partial charge in [0.2, 0.25) is 0 Å². The maximum atomic E-state index is 12.7. The summed E-state index contributed by atoms with van der Waals surface area (Å²) in [7, 11) is 2.16. The van der Waals surface area contributed by atoms with Crippen molar-refractivity contribution in [2.45, 2.75) is 13.8 Å². The molecule has 2 aromatic carbocycles. The molecule has 1 N–H and O–H groups in total. The van der Waals surface area contributed by atoms with Crippen molar-refractivity contribution in [3.8, 4) is 0 Å². The largest absolute Gasteiger partial charge is 0.369 e. The van der Waals surface area contributed by atoms with Crippen molar-refractivity contribution in [2.75, 3.05) is 54.9 Å². The van der Waals surface area contributed by atoms with E-state index in [2.05, 4.69) is 34.3 Å². The minimum absolute atomic E-state index is 0.106. The number of anilines is 3. The molecule has 0 bridgehead atoms. The van der Waals surface area contributed by atoms with Crippen LogP contribution in [0.2, 0.25) is 0 Å². The lowest BCUT2D eigenvalue weighted by atomic mass is 10.2. The van der Waals surface area contributed by atoms with Gasteiger partial charge in [-0.25, -0.2) is 4.79 Å². The van der Waals surface area contributed by atoms with E-state index in [4.69, 9.17) is 0 Å². The van der Waals surface area contributed by atoms with Crippen LogP contribution < -0.4 is 15.1 Å². The molecular weight excluding hydrogens is 324 g/mol. The van der Waals surface area contributed by atoms with E-state index < -0.39 is 0 Å². The SMILES string of the molecule is CCN(C(=O)Nc1ccc(N2CCN(C)CC2)cc1)c1cccc(C)c1. The fraction of sp³-hybridized carbons (Fsp3) is 0.381. The molecule has 0 unspecified atom stereocenters. The molecule has 26 heavy (non-hydrogen) atoms. The quantitative estimate of drug-likeness (QED) is 0.909. The first kappa shape index (κ1) is 18.3. The van der Waals surface area contributed by atoms with Gasteiger partial charge in [0.05, 0.1) is 0 Å². The monoisotopic (exact) mass is 352 g/mol. The molecule has 0 atom stereocenters. The molecule has 1 aliphatic rings. The van der Waals surface area contributed by atoms with Gasteiger partial charge in [0, 0.05) is 49.8 Å². The lowest BCUT2D eigenvalue weighted by Crippen LogP contribution is -2.44. The number of piperazine rings is 1. The number of nitrogens with zero attached hydrogens (tertiary/aromatic N) is 3. The molecule has 0 radical (unpaired) electrons. The van der Waals surface area contributed by atoms with Crippen LogP contribution in [0.15, 0.2) is 48.5 Å². The van der Waals surface area contributed by atoms with Crippen LogP contribution in [0.4, 0.5) is 21.9 Å². The van der Waals surface area contributed by atoms with Crippen molar-refractivity contribution in [2.24, 2.45) is 0 Å². The van der Waals surface area contributed by atoms with Gasteiger partial charge in [0.25, 0.3) is 0 Å². The number of amides is 2. The van der Waals surface area contributed by atoms with Crippen molar-refractivity contribution < 1.29 is 4.79 Å². The Morgan fingerprint density at radius 2 is 1.77 bits per heavy atom. The van der Waals surface area contributed by atoms with Crippen molar-refractivity contribution in [3.05, 3.63) is 54.1 Å². The van der Waals surface area contributed by atoms with Crippen LogP contribution in [0, 0.1) is 6.92 Å². The molecule has 0 spiro atoms. The number of likely N-dealkylation sites (N-methyl/N-ethyl adjacent to an activating group) is 1. The Hall–Kier alpha value is -2.53. The fourth-order valence-corrected chi connectivity index (χ4v) is 3.25. The van der Waals surface area contributed by atoms with Crippen LogP contribution in [-0.2, 0) is 0 Å². The predicted octanol–water partition coefficient (Wildman–Crippen LogP) is 3.81. The smallest absolute Gasteiger partial charge is 0.326 e. The zero-order valence-electron chi connectivity index (χ0n) is 15.9. The van der Waals surface area contributed by atoms with Gasteiger partial charge in [-0.05, 0) is 62.9 Å². The molecule has 0 aromatic heterocycles. The summed E-state index contributed by atoms with van der Waals surface area (Å²) >= 11 is 0. The molecule has 2 amide bonds. The summed E-state index contributed by atoms with van der Waals surface area (Å²) in [5.74, 6) is 0. The third kappa shape index (κ3) is 4.35. The van der Waals surface area contributed by atoms with Crippen LogP contribution in [0.1, 0.15) is 12.5 Å². The lowest BCUT2D eigenvalue weighted by Gasteiger charge is -2.34. The van der Waals surface area contributed by atoms with Gasteiger partial charge in [-0.2, -0.15) is 0 Å². The molecular formula is C21H28N4O. The normalized spacial score (nSPS) is 15.0. The van der Waals surface area contributed by atoms with Crippen molar-refractivity contribution >= 4 is 23.1 Å². The Kier molecular flexibility index (Phi) is 5.78. The summed E-state index contributed by atoms with van der Waals surface area (Å²) in [5, 5.41) is 3.01. The molecule has 138 valence electrons. The van der Waals surface area contributed by atoms with E-state index in [0.29, 0.717) is 6.54 Å². The van der Waals surface area contributed by atoms with E-state index in [1.165, 1.54) is 5.69 Å². The molecule has 3 rings (SSSR count). The number of hydrogen-bond acceptors (Lipinski definition) is 3. The van der Waals surface area contributed by atoms with Crippen molar-refractivity contribution in [1.29, 1.82) is 0 Å². The maximum absolute atomic E-state index is 12.7. The Morgan fingerprint density at radius 1 is 1.08 bits per heavy atom. The molecule has 1 saturated heterocycles. The van der Waals surface area contributed by atoms with Crippen molar-refractivity contribution in [3.63, 3.8) is 0 Å². The molecule has 0 saturated carbocycles. The van der Waals surface area contributed by atoms with Gasteiger partial charge in [0.15, 0.2) is 0 Å². The van der Waals surface area contributed by atoms with Crippen LogP contribution in [-0.4, -0.2) is 50.7 Å². The third-order valence-corrected chi connectivity index (χ3v) is 4.86. The highest BCUT2D eigenvalue weighted by Gasteiger charge is 2.16. The summed E-state index contributed by atoms with van der Waals surface area (Å²) in [6, 6.07) is 16.0. The Morgan fingerprint density at radius 3 is 2.38 bits per heavy atom. The highest BCUT2D eigenvalue weighted by Crippen LogP contribution is 2.21. The van der Waals surface area contributed by atoms with E-state index in [9.17, 15) is 4.79 Å². The minimum Gasteiger partial charge on any atom is -0.369 e. The van der Waals surface area contributed by atoms with E-state index in [0.717, 1.165) is 43.1 Å². The first-order valence-corrected chi connectivity index (χ1v) is 9.25. The summed E-state index contributed by atoms with van der Waals surface area (Å²) in [6.07, 6.45) is 0. The molecule has 1 heterocycles. The highest BCUT2D eigenvalue weighted by molar-refractivity contribution is 6.01. The topological polar surface area (TPSA) is 38.8 Å². The third-order valence-electron chi connectivity index (χ3n) is 4.86. The molecule has 1 aliphatic heterocycles. The Balaban J connectivity index is 1.65. The number of carbonyl (C=O) groups excluding carboxylic acids is 1. The lowest BCUT2D eigenvalue weighted by molar-refractivity contribution is 0.257. The highest BCUT2D eigenvalue weighted by atomic mass is 16.2. The summed E-state index contributed by atoms with van der Waals surface area (Å²) in [6.45, 7) is 8.89. The molecule has 5 heteroatoms.